The molecule has 76 heavy (non-hydrogen) atoms. The number of fused-ring (bicyclic) bond motifs is 4. The molecule has 5 aliphatic rings. The van der Waals surface area contributed by atoms with E-state index in [2.05, 4.69) is 91.0 Å². The molecule has 0 unspecified atom stereocenters. The number of aromatic nitrogens is 3. The summed E-state index contributed by atoms with van der Waals surface area (Å²) in [7, 11) is 0.475. The fourth-order valence-corrected chi connectivity index (χ4v) is 24.8. The molecule has 21 heteroatoms. The number of aliphatic hydroxyl groups excluding tert-OH is 1. The van der Waals surface area contributed by atoms with Crippen molar-refractivity contribution >= 4 is 56.9 Å². The molecule has 6 N–H and O–H groups in total. The van der Waals surface area contributed by atoms with Gasteiger partial charge in [-0.1, -0.05) is 61.1 Å². The van der Waals surface area contributed by atoms with E-state index in [0.717, 1.165) is 50.4 Å². The first kappa shape index (κ1) is 55.9. The van der Waals surface area contributed by atoms with Crippen molar-refractivity contribution in [2.45, 2.75) is 149 Å². The fraction of sp³-hybridized carbons (Fsp3) is 0.600. The second kappa shape index (κ2) is 21.4. The van der Waals surface area contributed by atoms with Crippen molar-refractivity contribution in [3.63, 3.8) is 0 Å². The SMILES string of the molecule is CC[C@]1(O)CCC[C@](C(=O)OC)(c2cc3c(cc2OC)N(C)[C@H]2[C@@](O)(C(=O)NCCC[Si](C)(C)O[Si](C)(C)CSc4ncc(CN=[N+]=[N-])cn4)[C@H](O)[C@]4(CC)C=CCN5CC[C@]32[C@@H]54)c2[nH]c3ccccc3c2CCNC1. The number of ether oxygens (including phenoxy) is 2. The number of hydrogen-bond acceptors (Lipinski definition) is 15. The van der Waals surface area contributed by atoms with Gasteiger partial charge in [0.25, 0.3) is 5.91 Å². The zero-order valence-electron chi connectivity index (χ0n) is 45.7. The van der Waals surface area contributed by atoms with Crippen molar-refractivity contribution in [1.82, 2.24) is 30.5 Å². The second-order valence-corrected chi connectivity index (χ2v) is 33.3. The molecule has 0 radical (unpaired) electrons. The molecule has 1 amide bonds. The van der Waals surface area contributed by atoms with Crippen LogP contribution >= 0.6 is 11.8 Å². The summed E-state index contributed by atoms with van der Waals surface area (Å²) in [5.74, 6) is -0.626. The number of anilines is 1. The number of H-pyrrole nitrogens is 1. The molecule has 8 atom stereocenters. The van der Waals surface area contributed by atoms with Crippen molar-refractivity contribution < 1.29 is 38.5 Å². The summed E-state index contributed by atoms with van der Waals surface area (Å²) in [5, 5.41) is 51.3. The third kappa shape index (κ3) is 9.38. The topological polar surface area (TPSA) is 243 Å². The smallest absolute Gasteiger partial charge is 0.322 e. The zero-order chi connectivity index (χ0) is 54.5. The monoisotopic (exact) mass is 1090 g/mol. The number of para-hydroxylation sites is 1. The normalized spacial score (nSPS) is 29.4. The number of hydrogen-bond donors (Lipinski definition) is 6. The van der Waals surface area contributed by atoms with E-state index in [1.54, 1.807) is 31.3 Å². The Morgan fingerprint density at radius 2 is 1.79 bits per heavy atom. The molecular weight excluding hydrogens is 1020 g/mol. The summed E-state index contributed by atoms with van der Waals surface area (Å²) in [5.41, 5.74) is 7.58. The molecule has 6 heterocycles. The lowest BCUT2D eigenvalue weighted by atomic mass is 9.47. The van der Waals surface area contributed by atoms with Gasteiger partial charge >= 0.3 is 5.97 Å². The molecule has 1 saturated carbocycles. The number of β-amino-alcohol motifs (C(OH)–C–C–N with tert-alkyl or cyclic N) is 1. The first-order valence-electron chi connectivity index (χ1n) is 27.1. The molecule has 18 nitrogen and oxygen atoms in total. The van der Waals surface area contributed by atoms with Gasteiger partial charge in [-0.3, -0.25) is 14.5 Å². The van der Waals surface area contributed by atoms with Crippen LogP contribution in [-0.2, 0) is 42.2 Å². The highest BCUT2D eigenvalue weighted by molar-refractivity contribution is 8.00. The lowest BCUT2D eigenvalue weighted by Crippen LogP contribution is -2.81. The van der Waals surface area contributed by atoms with Crippen LogP contribution in [-0.4, -0.2) is 152 Å². The van der Waals surface area contributed by atoms with Crippen molar-refractivity contribution in [3.05, 3.63) is 99.3 Å². The molecule has 2 aromatic carbocycles. The number of nitrogens with zero attached hydrogens (tertiary/aromatic N) is 7. The lowest BCUT2D eigenvalue weighted by molar-refractivity contribution is -0.203. The Bertz CT molecular complexity index is 2900. The summed E-state index contributed by atoms with van der Waals surface area (Å²) in [6.45, 7) is 15.6. The minimum Gasteiger partial charge on any atom is -0.496 e. The van der Waals surface area contributed by atoms with Crippen LogP contribution in [0.15, 0.2) is 71.2 Å². The van der Waals surface area contributed by atoms with Crippen molar-refractivity contribution in [2.75, 3.05) is 64.3 Å². The van der Waals surface area contributed by atoms with Gasteiger partial charge in [-0.15, -0.1) is 0 Å². The number of thioether (sulfide) groups is 1. The van der Waals surface area contributed by atoms with Gasteiger partial charge < -0.3 is 49.4 Å². The molecule has 1 spiro atoms. The molecule has 4 aromatic rings. The molecule has 1 saturated heterocycles. The summed E-state index contributed by atoms with van der Waals surface area (Å²) in [4.78, 5) is 50.6. The largest absolute Gasteiger partial charge is 0.496 e. The van der Waals surface area contributed by atoms with E-state index in [4.69, 9.17) is 19.1 Å². The summed E-state index contributed by atoms with van der Waals surface area (Å²) >= 11 is 1.55. The third-order valence-electron chi connectivity index (χ3n) is 17.8. The van der Waals surface area contributed by atoms with Gasteiger partial charge in [0.05, 0.1) is 32.4 Å². The first-order valence-corrected chi connectivity index (χ1v) is 34.3. The molecule has 4 aliphatic heterocycles. The Morgan fingerprint density at radius 3 is 2.50 bits per heavy atom. The van der Waals surface area contributed by atoms with Crippen LogP contribution in [0, 0.1) is 5.41 Å². The number of methoxy groups -OCH3 is 2. The van der Waals surface area contributed by atoms with Gasteiger partial charge in [-0.25, -0.2) is 9.97 Å². The quantitative estimate of drug-likeness (QED) is 0.00708. The number of nitrogens with one attached hydrogen (secondary N) is 3. The van der Waals surface area contributed by atoms with Crippen LogP contribution in [0.25, 0.3) is 21.3 Å². The van der Waals surface area contributed by atoms with Gasteiger partial charge in [0.15, 0.2) is 27.4 Å². The lowest BCUT2D eigenvalue weighted by Gasteiger charge is -2.63. The molecule has 1 aliphatic carbocycles. The number of esters is 1. The highest BCUT2D eigenvalue weighted by atomic mass is 32.2. The number of benzene rings is 2. The van der Waals surface area contributed by atoms with Gasteiger partial charge in [0.2, 0.25) is 0 Å². The average molecular weight is 1100 g/mol. The highest BCUT2D eigenvalue weighted by Gasteiger charge is 2.78. The van der Waals surface area contributed by atoms with Crippen molar-refractivity contribution in [3.8, 4) is 5.75 Å². The van der Waals surface area contributed by atoms with Crippen LogP contribution in [0.2, 0.25) is 32.2 Å². The second-order valence-electron chi connectivity index (χ2n) is 23.2. The number of carbonyl (C=O) groups is 2. The number of amides is 1. The Hall–Kier alpha value is -4.81. The fourth-order valence-electron chi connectivity index (χ4n) is 14.5. The maximum Gasteiger partial charge on any atom is 0.322 e. The van der Waals surface area contributed by atoms with Gasteiger partial charge in [0.1, 0.15) is 17.3 Å². The van der Waals surface area contributed by atoms with E-state index in [0.29, 0.717) is 94.0 Å². The molecule has 0 bridgehead atoms. The van der Waals surface area contributed by atoms with Crippen LogP contribution < -0.4 is 20.3 Å². The van der Waals surface area contributed by atoms with E-state index in [1.807, 2.05) is 50.1 Å². The first-order chi connectivity index (χ1) is 36.2. The van der Waals surface area contributed by atoms with E-state index in [1.165, 1.54) is 7.11 Å². The average Bonchev–Trinajstić information content (AvgIpc) is 4.27. The molecular formula is C55H78N10O8SSi2. The number of aromatic amines is 1. The number of rotatable bonds is 17. The maximum atomic E-state index is 15.4. The highest BCUT2D eigenvalue weighted by Crippen LogP contribution is 2.67. The summed E-state index contributed by atoms with van der Waals surface area (Å²) < 4.78 is 19.3. The molecule has 9 rings (SSSR count). The molecule has 2 fully saturated rings. The number of likely N-dealkylation sites (N-methyl/N-ethyl adjacent to an activating group) is 1. The minimum atomic E-state index is -2.29. The predicted octanol–water partition coefficient (Wildman–Crippen LogP) is 7.16. The number of carbonyl (C=O) groups excluding carboxylic acids is 2. The number of aliphatic hydroxyl groups is 3. The van der Waals surface area contributed by atoms with Crippen molar-refractivity contribution in [2.24, 2.45) is 10.5 Å². The third-order valence-corrected chi connectivity index (χ3v) is 27.6. The van der Waals surface area contributed by atoms with Gasteiger partial charge in [-0.05, 0) is 131 Å². The Labute approximate surface area is 453 Å². The van der Waals surface area contributed by atoms with Crippen molar-refractivity contribution in [1.29, 1.82) is 0 Å². The van der Waals surface area contributed by atoms with Gasteiger partial charge in [-0.2, -0.15) is 0 Å². The van der Waals surface area contributed by atoms with Gasteiger partial charge in [0, 0.05) is 100 Å². The molecule has 410 valence electrons. The van der Waals surface area contributed by atoms with E-state index >= 15 is 9.59 Å². The molecule has 2 aromatic heterocycles. The van der Waals surface area contributed by atoms with E-state index in [9.17, 15) is 15.3 Å². The van der Waals surface area contributed by atoms with E-state index in [-0.39, 0.29) is 19.1 Å². The zero-order valence-corrected chi connectivity index (χ0v) is 48.6. The number of azide groups is 1. The van der Waals surface area contributed by atoms with Crippen LogP contribution in [0.3, 0.4) is 0 Å². The summed E-state index contributed by atoms with van der Waals surface area (Å²) in [6, 6.07) is 11.7. The Balaban J connectivity index is 1.07. The summed E-state index contributed by atoms with van der Waals surface area (Å²) in [6.07, 6.45) is 9.99. The van der Waals surface area contributed by atoms with Crippen LogP contribution in [0.5, 0.6) is 5.75 Å². The Morgan fingerprint density at radius 1 is 1.03 bits per heavy atom. The van der Waals surface area contributed by atoms with E-state index < -0.39 is 68.1 Å². The minimum absolute atomic E-state index is 0.199. The van der Waals surface area contributed by atoms with Crippen LogP contribution in [0.1, 0.15) is 86.7 Å². The standard InChI is InChI=1S/C55H78N10O8SSi2/c1-10-51(69)20-14-22-53(49(68)72-5,44-38(19-25-57-34-51)37-17-12-13-18-41(37)62-44)40-29-39-42(30-43(40)71-4)64(3)46-54(39)23-27-65-26-15-21-52(11-2,45(54)65)47(66)55(46,70)48(67)58-24-16-28-75(6,7)73-76(8,9)35-74-50-59-31-36(32-60-50)33-61-63-56/h12-13,15,17-18,21,29-32,45-47,57,62,66,69-70H,10-11,14,16,19-20,22-28,33-35H2,1-9H3,(H,58,67)/t45-,46+,47+,51-,52+,53-,54+,55-/m0/s1. The Kier molecular flexibility index (Phi) is 15.8. The maximum absolute atomic E-state index is 15.4. The predicted molar refractivity (Wildman–Crippen MR) is 301 cm³/mol. The van der Waals surface area contributed by atoms with Crippen LogP contribution in [0.4, 0.5) is 5.69 Å².